The number of para-hydroxylation sites is 3. The first-order valence-electron chi connectivity index (χ1n) is 8.99. The van der Waals surface area contributed by atoms with Crippen LogP contribution < -0.4 is 14.4 Å². The van der Waals surface area contributed by atoms with Gasteiger partial charge in [0.05, 0.1) is 11.8 Å². The summed E-state index contributed by atoms with van der Waals surface area (Å²) in [6, 6.07) is 12.2. The summed E-state index contributed by atoms with van der Waals surface area (Å²) in [6.45, 7) is 2.43. The molecule has 4 rings (SSSR count). The molecule has 0 unspecified atom stereocenters. The minimum Gasteiger partial charge on any atom is -0.493 e. The van der Waals surface area contributed by atoms with E-state index in [0.717, 1.165) is 9.83 Å². The third-order valence-electron chi connectivity index (χ3n) is 4.68. The lowest BCUT2D eigenvalue weighted by atomic mass is 10.3. The molecule has 3 aromatic rings. The van der Waals surface area contributed by atoms with Crippen LogP contribution in [-0.2, 0) is 4.79 Å². The van der Waals surface area contributed by atoms with Crippen molar-refractivity contribution in [2.75, 3.05) is 44.8 Å². The van der Waals surface area contributed by atoms with Crippen molar-refractivity contribution in [3.05, 3.63) is 48.3 Å². The Bertz CT molecular complexity index is 986. The van der Waals surface area contributed by atoms with Crippen molar-refractivity contribution in [1.29, 1.82) is 0 Å². The summed E-state index contributed by atoms with van der Waals surface area (Å²) >= 11 is 1.47. The molecule has 0 N–H and O–H groups in total. The summed E-state index contributed by atoms with van der Waals surface area (Å²) in [6.07, 6.45) is 0. The molecular weight excluding hydrogens is 381 g/mol. The van der Waals surface area contributed by atoms with Crippen molar-refractivity contribution in [1.82, 2.24) is 9.88 Å². The second kappa shape index (κ2) is 8.02. The van der Waals surface area contributed by atoms with Gasteiger partial charge >= 0.3 is 0 Å². The van der Waals surface area contributed by atoms with E-state index in [2.05, 4.69) is 9.88 Å². The van der Waals surface area contributed by atoms with Crippen LogP contribution in [-0.4, -0.2) is 55.7 Å². The lowest BCUT2D eigenvalue weighted by Gasteiger charge is -2.34. The number of methoxy groups -OCH3 is 1. The monoisotopic (exact) mass is 401 g/mol. The maximum absolute atomic E-state index is 13.9. The van der Waals surface area contributed by atoms with Crippen LogP contribution in [0, 0.1) is 5.82 Å². The van der Waals surface area contributed by atoms with Gasteiger partial charge in [0.2, 0.25) is 0 Å². The van der Waals surface area contributed by atoms with Gasteiger partial charge in [-0.1, -0.05) is 29.5 Å². The number of carbonyl (C=O) groups is 1. The van der Waals surface area contributed by atoms with E-state index in [0.29, 0.717) is 43.2 Å². The summed E-state index contributed by atoms with van der Waals surface area (Å²) in [5, 5.41) is 0.789. The number of ether oxygens (including phenoxy) is 2. The molecule has 1 aliphatic rings. The van der Waals surface area contributed by atoms with Gasteiger partial charge in [-0.3, -0.25) is 4.79 Å². The van der Waals surface area contributed by atoms with Gasteiger partial charge in [0.25, 0.3) is 5.91 Å². The van der Waals surface area contributed by atoms with E-state index in [-0.39, 0.29) is 18.3 Å². The van der Waals surface area contributed by atoms with Crippen molar-refractivity contribution in [3.8, 4) is 11.5 Å². The van der Waals surface area contributed by atoms with Gasteiger partial charge in [-0.25, -0.2) is 9.37 Å². The first-order chi connectivity index (χ1) is 13.7. The van der Waals surface area contributed by atoms with Gasteiger partial charge in [0.1, 0.15) is 11.3 Å². The summed E-state index contributed by atoms with van der Waals surface area (Å²) in [5.41, 5.74) is 0.409. The van der Waals surface area contributed by atoms with Gasteiger partial charge in [-0.05, 0) is 24.3 Å². The molecule has 1 saturated heterocycles. The fourth-order valence-corrected chi connectivity index (χ4v) is 4.19. The number of fused-ring (bicyclic) bond motifs is 1. The Morgan fingerprint density at radius 3 is 2.57 bits per heavy atom. The zero-order chi connectivity index (χ0) is 19.5. The molecule has 0 radical (unpaired) electrons. The van der Waals surface area contributed by atoms with Crippen molar-refractivity contribution in [2.45, 2.75) is 0 Å². The Hall–Kier alpha value is -2.87. The van der Waals surface area contributed by atoms with Crippen molar-refractivity contribution < 1.29 is 18.7 Å². The average molecular weight is 401 g/mol. The predicted molar refractivity (Wildman–Crippen MR) is 107 cm³/mol. The summed E-state index contributed by atoms with van der Waals surface area (Å²) in [4.78, 5) is 20.8. The highest BCUT2D eigenvalue weighted by Gasteiger charge is 2.24. The van der Waals surface area contributed by atoms with Crippen LogP contribution in [0.25, 0.3) is 10.2 Å². The first kappa shape index (κ1) is 18.5. The molecule has 6 nitrogen and oxygen atoms in total. The van der Waals surface area contributed by atoms with Gasteiger partial charge < -0.3 is 19.3 Å². The number of aromatic nitrogens is 1. The molecule has 8 heteroatoms. The molecule has 2 heterocycles. The molecular formula is C20H20FN3O3S. The second-order valence-corrected chi connectivity index (χ2v) is 7.40. The summed E-state index contributed by atoms with van der Waals surface area (Å²) < 4.78 is 25.6. The minimum atomic E-state index is -0.303. The Morgan fingerprint density at radius 2 is 1.86 bits per heavy atom. The Morgan fingerprint density at radius 1 is 1.11 bits per heavy atom. The number of benzene rings is 2. The molecule has 2 aromatic carbocycles. The van der Waals surface area contributed by atoms with Crippen molar-refractivity contribution >= 4 is 32.6 Å². The molecule has 1 amide bonds. The lowest BCUT2D eigenvalue weighted by Crippen LogP contribution is -2.50. The summed E-state index contributed by atoms with van der Waals surface area (Å²) in [7, 11) is 1.57. The number of hydrogen-bond donors (Lipinski definition) is 0. The molecule has 0 atom stereocenters. The third kappa shape index (κ3) is 3.73. The van der Waals surface area contributed by atoms with E-state index in [9.17, 15) is 9.18 Å². The van der Waals surface area contributed by atoms with Crippen molar-refractivity contribution in [3.63, 3.8) is 0 Å². The molecule has 0 saturated carbocycles. The predicted octanol–water partition coefficient (Wildman–Crippen LogP) is 3.17. The van der Waals surface area contributed by atoms with E-state index in [1.807, 2.05) is 18.2 Å². The third-order valence-corrected chi connectivity index (χ3v) is 5.76. The fraction of sp³-hybridized carbons (Fsp3) is 0.300. The number of piperazine rings is 1. The number of hydrogen-bond acceptors (Lipinski definition) is 6. The average Bonchev–Trinajstić information content (AvgIpc) is 3.18. The number of carbonyl (C=O) groups excluding carboxylic acids is 1. The molecule has 1 aliphatic heterocycles. The molecule has 0 spiro atoms. The van der Waals surface area contributed by atoms with E-state index in [1.54, 1.807) is 30.2 Å². The van der Waals surface area contributed by atoms with Gasteiger partial charge in [-0.15, -0.1) is 0 Å². The Labute approximate surface area is 166 Å². The van der Waals surface area contributed by atoms with Crippen LogP contribution >= 0.6 is 11.3 Å². The minimum absolute atomic E-state index is 0.0350. The maximum atomic E-state index is 13.9. The van der Waals surface area contributed by atoms with E-state index in [4.69, 9.17) is 9.47 Å². The molecule has 0 aliphatic carbocycles. The van der Waals surface area contributed by atoms with Crippen LogP contribution in [0.15, 0.2) is 42.5 Å². The van der Waals surface area contributed by atoms with Gasteiger partial charge in [0.15, 0.2) is 23.2 Å². The van der Waals surface area contributed by atoms with Crippen LogP contribution in [0.2, 0.25) is 0 Å². The van der Waals surface area contributed by atoms with Gasteiger partial charge in [0, 0.05) is 26.2 Å². The zero-order valence-electron chi connectivity index (χ0n) is 15.4. The van der Waals surface area contributed by atoms with E-state index in [1.165, 1.54) is 17.4 Å². The van der Waals surface area contributed by atoms with Gasteiger partial charge in [-0.2, -0.15) is 0 Å². The lowest BCUT2D eigenvalue weighted by molar-refractivity contribution is -0.133. The highest BCUT2D eigenvalue weighted by molar-refractivity contribution is 7.22. The van der Waals surface area contributed by atoms with Crippen LogP contribution in [0.4, 0.5) is 9.52 Å². The topological polar surface area (TPSA) is 54.9 Å². The number of thiazole rings is 1. The normalized spacial score (nSPS) is 14.4. The van der Waals surface area contributed by atoms with E-state index >= 15 is 0 Å². The number of anilines is 1. The Balaban J connectivity index is 1.34. The summed E-state index contributed by atoms with van der Waals surface area (Å²) in [5.74, 6) is 0.778. The van der Waals surface area contributed by atoms with Crippen LogP contribution in [0.1, 0.15) is 0 Å². The molecule has 1 fully saturated rings. The van der Waals surface area contributed by atoms with E-state index < -0.39 is 0 Å². The Kier molecular flexibility index (Phi) is 5.29. The molecule has 0 bridgehead atoms. The zero-order valence-corrected chi connectivity index (χ0v) is 16.2. The molecule has 28 heavy (non-hydrogen) atoms. The maximum Gasteiger partial charge on any atom is 0.260 e. The molecule has 1 aromatic heterocycles. The number of amides is 1. The standard InChI is InChI=1S/C20H20FN3O3S/c1-26-15-6-2-3-7-16(15)27-13-18(25)23-9-11-24(12-10-23)20-22-19-14(21)5-4-8-17(19)28-20/h2-8H,9-13H2,1H3. The quantitative estimate of drug-likeness (QED) is 0.657. The number of rotatable bonds is 5. The van der Waals surface area contributed by atoms with Crippen LogP contribution in [0.5, 0.6) is 11.5 Å². The van der Waals surface area contributed by atoms with Crippen LogP contribution in [0.3, 0.4) is 0 Å². The highest BCUT2D eigenvalue weighted by Crippen LogP contribution is 2.31. The first-order valence-corrected chi connectivity index (χ1v) is 9.81. The molecule has 146 valence electrons. The SMILES string of the molecule is COc1ccccc1OCC(=O)N1CCN(c2nc3c(F)cccc3s2)CC1. The number of nitrogens with zero attached hydrogens (tertiary/aromatic N) is 3. The highest BCUT2D eigenvalue weighted by atomic mass is 32.1. The largest absolute Gasteiger partial charge is 0.493 e. The number of halogens is 1. The van der Waals surface area contributed by atoms with Crippen molar-refractivity contribution in [2.24, 2.45) is 0 Å². The second-order valence-electron chi connectivity index (χ2n) is 6.39. The smallest absolute Gasteiger partial charge is 0.260 e. The fourth-order valence-electron chi connectivity index (χ4n) is 3.15.